The molecule has 3 aliphatic heterocycles. The zero-order valence-corrected chi connectivity index (χ0v) is 12.4. The van der Waals surface area contributed by atoms with Crippen LogP contribution < -0.4 is 5.73 Å². The van der Waals surface area contributed by atoms with Gasteiger partial charge in [-0.25, -0.2) is 0 Å². The van der Waals surface area contributed by atoms with Crippen LogP contribution in [0.2, 0.25) is 10.0 Å². The second-order valence-corrected chi connectivity index (χ2v) is 6.35. The second-order valence-electron chi connectivity index (χ2n) is 5.51. The standard InChI is InChI=1S/C14H19Cl2N3/c15-11-1-2-12(16)10(7-11)8-13(17)14-9-18-3-5-19(14)6-4-18/h1-2,7,13-14H,3-6,8-9,17H2. The fraction of sp³-hybridized carbons (Fsp3) is 0.571. The van der Waals surface area contributed by atoms with Crippen LogP contribution in [0.4, 0.5) is 0 Å². The van der Waals surface area contributed by atoms with Crippen LogP contribution in [0, 0.1) is 0 Å². The minimum Gasteiger partial charge on any atom is -0.326 e. The molecule has 1 aromatic carbocycles. The minimum absolute atomic E-state index is 0.110. The summed E-state index contributed by atoms with van der Waals surface area (Å²) in [4.78, 5) is 5.02. The van der Waals surface area contributed by atoms with Crippen LogP contribution in [0.3, 0.4) is 0 Å². The number of hydrogen-bond donors (Lipinski definition) is 1. The van der Waals surface area contributed by atoms with Crippen molar-refractivity contribution in [1.29, 1.82) is 0 Å². The fourth-order valence-corrected chi connectivity index (χ4v) is 3.54. The zero-order valence-electron chi connectivity index (χ0n) is 10.9. The number of benzene rings is 1. The van der Waals surface area contributed by atoms with Gasteiger partial charge in [0, 0.05) is 54.9 Å². The lowest BCUT2D eigenvalue weighted by Crippen LogP contribution is -2.66. The summed E-state index contributed by atoms with van der Waals surface area (Å²) in [5.74, 6) is 0. The van der Waals surface area contributed by atoms with Crippen molar-refractivity contribution in [3.8, 4) is 0 Å². The molecule has 3 aliphatic rings. The smallest absolute Gasteiger partial charge is 0.0439 e. The van der Waals surface area contributed by atoms with Crippen LogP contribution in [-0.2, 0) is 6.42 Å². The normalized spacial score (nSPS) is 31.4. The Bertz CT molecular complexity index is 458. The van der Waals surface area contributed by atoms with E-state index >= 15 is 0 Å². The van der Waals surface area contributed by atoms with Gasteiger partial charge in [0.15, 0.2) is 0 Å². The molecule has 2 unspecified atom stereocenters. The number of piperazine rings is 3. The molecule has 2 bridgehead atoms. The predicted molar refractivity (Wildman–Crippen MR) is 79.9 cm³/mol. The molecule has 0 saturated carbocycles. The molecular weight excluding hydrogens is 281 g/mol. The lowest BCUT2D eigenvalue weighted by atomic mass is 9.95. The van der Waals surface area contributed by atoms with E-state index in [9.17, 15) is 0 Å². The van der Waals surface area contributed by atoms with Gasteiger partial charge in [-0.05, 0) is 30.2 Å². The van der Waals surface area contributed by atoms with Gasteiger partial charge in [-0.15, -0.1) is 0 Å². The first kappa shape index (κ1) is 13.7. The molecule has 3 heterocycles. The topological polar surface area (TPSA) is 32.5 Å². The summed E-state index contributed by atoms with van der Waals surface area (Å²) in [6.07, 6.45) is 0.786. The maximum absolute atomic E-state index is 6.42. The minimum atomic E-state index is 0.110. The van der Waals surface area contributed by atoms with Gasteiger partial charge in [0.05, 0.1) is 0 Å². The number of halogens is 2. The Balaban J connectivity index is 1.71. The number of fused-ring (bicyclic) bond motifs is 3. The highest BCUT2D eigenvalue weighted by molar-refractivity contribution is 6.33. The average Bonchev–Trinajstić information content (AvgIpc) is 2.44. The second kappa shape index (κ2) is 5.58. The van der Waals surface area contributed by atoms with Crippen molar-refractivity contribution in [1.82, 2.24) is 9.80 Å². The highest BCUT2D eigenvalue weighted by atomic mass is 35.5. The van der Waals surface area contributed by atoms with E-state index in [1.807, 2.05) is 18.2 Å². The highest BCUT2D eigenvalue weighted by Gasteiger charge is 2.35. The van der Waals surface area contributed by atoms with E-state index in [4.69, 9.17) is 28.9 Å². The monoisotopic (exact) mass is 299 g/mol. The number of nitrogens with two attached hydrogens (primary N) is 1. The van der Waals surface area contributed by atoms with Crippen LogP contribution in [0.1, 0.15) is 5.56 Å². The fourth-order valence-electron chi connectivity index (χ4n) is 3.15. The van der Waals surface area contributed by atoms with Crippen LogP contribution in [0.5, 0.6) is 0 Å². The van der Waals surface area contributed by atoms with Crippen LogP contribution >= 0.6 is 23.2 Å². The molecule has 4 rings (SSSR count). The summed E-state index contributed by atoms with van der Waals surface area (Å²) >= 11 is 12.3. The Hall–Kier alpha value is -0.320. The van der Waals surface area contributed by atoms with E-state index in [0.29, 0.717) is 6.04 Å². The molecule has 3 saturated heterocycles. The van der Waals surface area contributed by atoms with Crippen molar-refractivity contribution >= 4 is 23.2 Å². The molecule has 0 amide bonds. The molecule has 2 atom stereocenters. The van der Waals surface area contributed by atoms with Gasteiger partial charge >= 0.3 is 0 Å². The summed E-state index contributed by atoms with van der Waals surface area (Å²) in [6, 6.07) is 6.15. The third-order valence-electron chi connectivity index (χ3n) is 4.28. The van der Waals surface area contributed by atoms with Gasteiger partial charge in [0.1, 0.15) is 0 Å². The van der Waals surface area contributed by atoms with Crippen molar-refractivity contribution in [3.05, 3.63) is 33.8 Å². The van der Waals surface area contributed by atoms with E-state index in [-0.39, 0.29) is 6.04 Å². The van der Waals surface area contributed by atoms with Gasteiger partial charge in [0.25, 0.3) is 0 Å². The summed E-state index contributed by atoms with van der Waals surface area (Å²) in [6.45, 7) is 5.73. The van der Waals surface area contributed by atoms with Gasteiger partial charge in [0.2, 0.25) is 0 Å². The average molecular weight is 300 g/mol. The zero-order chi connectivity index (χ0) is 13.4. The molecular formula is C14H19Cl2N3. The molecule has 19 heavy (non-hydrogen) atoms. The third-order valence-corrected chi connectivity index (χ3v) is 4.88. The summed E-state index contributed by atoms with van der Waals surface area (Å²) in [5, 5.41) is 1.48. The van der Waals surface area contributed by atoms with Crippen molar-refractivity contribution in [2.75, 3.05) is 32.7 Å². The lowest BCUT2D eigenvalue weighted by Gasteiger charge is -2.49. The SMILES string of the molecule is NC(Cc1cc(Cl)ccc1Cl)C1CN2CCN1CC2. The molecule has 3 fully saturated rings. The van der Waals surface area contributed by atoms with Crippen molar-refractivity contribution < 1.29 is 0 Å². The Kier molecular flexibility index (Phi) is 4.01. The van der Waals surface area contributed by atoms with Crippen LogP contribution in [0.25, 0.3) is 0 Å². The molecule has 0 spiro atoms. The van der Waals surface area contributed by atoms with Crippen LogP contribution in [-0.4, -0.2) is 54.6 Å². The lowest BCUT2D eigenvalue weighted by molar-refractivity contribution is 0.00259. The van der Waals surface area contributed by atoms with Gasteiger partial charge in [-0.2, -0.15) is 0 Å². The number of hydrogen-bond acceptors (Lipinski definition) is 3. The summed E-state index contributed by atoms with van der Waals surface area (Å²) in [5.41, 5.74) is 7.47. The maximum atomic E-state index is 6.42. The first-order valence-electron chi connectivity index (χ1n) is 6.79. The number of nitrogens with zero attached hydrogens (tertiary/aromatic N) is 2. The summed E-state index contributed by atoms with van der Waals surface area (Å²) < 4.78 is 0. The van der Waals surface area contributed by atoms with Crippen molar-refractivity contribution in [2.24, 2.45) is 5.73 Å². The van der Waals surface area contributed by atoms with Crippen molar-refractivity contribution in [2.45, 2.75) is 18.5 Å². The maximum Gasteiger partial charge on any atom is 0.0439 e. The first-order chi connectivity index (χ1) is 9.13. The largest absolute Gasteiger partial charge is 0.326 e. The van der Waals surface area contributed by atoms with E-state index in [0.717, 1.165) is 41.7 Å². The molecule has 0 radical (unpaired) electrons. The molecule has 0 aliphatic carbocycles. The Morgan fingerprint density at radius 1 is 1.21 bits per heavy atom. The molecule has 1 aromatic rings. The van der Waals surface area contributed by atoms with E-state index < -0.39 is 0 Å². The number of rotatable bonds is 3. The Labute approximate surface area is 124 Å². The predicted octanol–water partition coefficient (Wildman–Crippen LogP) is 1.86. The summed E-state index contributed by atoms with van der Waals surface area (Å²) in [7, 11) is 0. The van der Waals surface area contributed by atoms with E-state index in [1.54, 1.807) is 0 Å². The molecule has 0 aromatic heterocycles. The molecule has 2 N–H and O–H groups in total. The van der Waals surface area contributed by atoms with Crippen molar-refractivity contribution in [3.63, 3.8) is 0 Å². The van der Waals surface area contributed by atoms with E-state index in [1.165, 1.54) is 13.1 Å². The van der Waals surface area contributed by atoms with Gasteiger partial charge < -0.3 is 5.73 Å². The van der Waals surface area contributed by atoms with Crippen LogP contribution in [0.15, 0.2) is 18.2 Å². The van der Waals surface area contributed by atoms with E-state index in [2.05, 4.69) is 9.80 Å². The van der Waals surface area contributed by atoms with Gasteiger partial charge in [-0.3, -0.25) is 9.80 Å². The quantitative estimate of drug-likeness (QED) is 0.925. The Morgan fingerprint density at radius 2 is 1.95 bits per heavy atom. The molecule has 3 nitrogen and oxygen atoms in total. The third kappa shape index (κ3) is 2.91. The Morgan fingerprint density at radius 3 is 2.58 bits per heavy atom. The molecule has 5 heteroatoms. The first-order valence-corrected chi connectivity index (χ1v) is 7.55. The van der Waals surface area contributed by atoms with Gasteiger partial charge in [-0.1, -0.05) is 23.2 Å². The molecule has 104 valence electrons. The highest BCUT2D eigenvalue weighted by Crippen LogP contribution is 2.24.